The minimum atomic E-state index is -0.387. The topological polar surface area (TPSA) is 54.4 Å². The first-order valence-electron chi connectivity index (χ1n) is 6.87. The van der Waals surface area contributed by atoms with Crippen LogP contribution in [0.15, 0.2) is 28.7 Å². The molecule has 1 aliphatic rings. The van der Waals surface area contributed by atoms with Crippen molar-refractivity contribution in [3.05, 3.63) is 34.9 Å². The normalized spacial score (nSPS) is 17.2. The molecule has 0 unspecified atom stereocenters. The Morgan fingerprint density at radius 1 is 1.33 bits per heavy atom. The largest absolute Gasteiger partial charge is 0.409 e. The van der Waals surface area contributed by atoms with Crippen LogP contribution in [0.4, 0.5) is 4.39 Å². The van der Waals surface area contributed by atoms with Crippen molar-refractivity contribution in [2.24, 2.45) is 0 Å². The highest BCUT2D eigenvalue weighted by Gasteiger charge is 2.19. The van der Waals surface area contributed by atoms with Crippen molar-refractivity contribution >= 4 is 12.2 Å². The molecule has 0 bridgehead atoms. The lowest BCUT2D eigenvalue weighted by Gasteiger charge is -2.28. The van der Waals surface area contributed by atoms with Gasteiger partial charge in [0.1, 0.15) is 5.82 Å². The van der Waals surface area contributed by atoms with E-state index in [1.807, 2.05) is 0 Å². The Balaban J connectivity index is 1.79. The summed E-state index contributed by atoms with van der Waals surface area (Å²) in [6, 6.07) is 6.31. The second kappa shape index (κ2) is 6.05. The lowest BCUT2D eigenvalue weighted by molar-refractivity contribution is 0.0647. The van der Waals surface area contributed by atoms with E-state index in [4.69, 9.17) is 16.6 Å². The maximum Gasteiger partial charge on any atom is 0.288 e. The Morgan fingerprint density at radius 3 is 2.76 bits per heavy atom. The zero-order valence-corrected chi connectivity index (χ0v) is 12.2. The molecule has 1 aromatic heterocycles. The van der Waals surface area contributed by atoms with E-state index in [2.05, 4.69) is 10.00 Å². The number of benzene rings is 1. The molecule has 2 heterocycles. The Kier molecular flexibility index (Phi) is 4.14. The molecule has 1 fully saturated rings. The van der Waals surface area contributed by atoms with E-state index in [1.165, 1.54) is 6.07 Å². The average molecular weight is 309 g/mol. The van der Waals surface area contributed by atoms with Gasteiger partial charge in [-0.15, -0.1) is 5.10 Å². The minimum Gasteiger partial charge on any atom is -0.409 e. The van der Waals surface area contributed by atoms with Crippen molar-refractivity contribution in [1.29, 1.82) is 0 Å². The van der Waals surface area contributed by atoms with Crippen molar-refractivity contribution in [2.45, 2.75) is 25.6 Å². The third-order valence-corrected chi connectivity index (χ3v) is 3.90. The molecular weight excluding hydrogens is 293 g/mol. The number of nitrogens with zero attached hydrogens (tertiary/aromatic N) is 3. The van der Waals surface area contributed by atoms with Gasteiger partial charge >= 0.3 is 0 Å². The van der Waals surface area contributed by atoms with E-state index in [1.54, 1.807) is 22.9 Å². The first kappa shape index (κ1) is 14.4. The molecule has 0 aliphatic carbocycles. The van der Waals surface area contributed by atoms with Crippen LogP contribution in [0.1, 0.15) is 12.8 Å². The van der Waals surface area contributed by atoms with Crippen molar-refractivity contribution in [2.75, 3.05) is 13.1 Å². The molecule has 1 N–H and O–H groups in total. The van der Waals surface area contributed by atoms with Crippen LogP contribution in [0, 0.1) is 10.7 Å². The van der Waals surface area contributed by atoms with E-state index in [-0.39, 0.29) is 22.6 Å². The molecule has 2 aromatic rings. The van der Waals surface area contributed by atoms with Crippen LogP contribution in [0.25, 0.3) is 11.5 Å². The molecule has 0 saturated carbocycles. The number of halogens is 1. The van der Waals surface area contributed by atoms with Crippen LogP contribution in [0.2, 0.25) is 0 Å². The zero-order chi connectivity index (χ0) is 14.8. The Labute approximate surface area is 126 Å². The summed E-state index contributed by atoms with van der Waals surface area (Å²) in [7, 11) is 0. The SMILES string of the molecule is OC1CCN(Cn2nc(-c3ccccc3F)oc2=S)CC1. The van der Waals surface area contributed by atoms with E-state index >= 15 is 0 Å². The van der Waals surface area contributed by atoms with Crippen LogP contribution < -0.4 is 0 Å². The summed E-state index contributed by atoms with van der Waals surface area (Å²) < 4.78 is 20.7. The molecule has 7 heteroatoms. The number of aliphatic hydroxyl groups is 1. The summed E-state index contributed by atoms with van der Waals surface area (Å²) in [5, 5.41) is 13.8. The number of likely N-dealkylation sites (tertiary alicyclic amines) is 1. The first-order valence-corrected chi connectivity index (χ1v) is 7.27. The summed E-state index contributed by atoms with van der Waals surface area (Å²) in [6.07, 6.45) is 1.26. The first-order chi connectivity index (χ1) is 10.1. The van der Waals surface area contributed by atoms with E-state index in [0.717, 1.165) is 25.9 Å². The van der Waals surface area contributed by atoms with E-state index < -0.39 is 0 Å². The Morgan fingerprint density at radius 2 is 2.05 bits per heavy atom. The zero-order valence-electron chi connectivity index (χ0n) is 11.4. The van der Waals surface area contributed by atoms with Gasteiger partial charge in [0.15, 0.2) is 0 Å². The van der Waals surface area contributed by atoms with E-state index in [0.29, 0.717) is 12.2 Å². The molecule has 5 nitrogen and oxygen atoms in total. The van der Waals surface area contributed by atoms with Crippen molar-refractivity contribution < 1.29 is 13.9 Å². The molecule has 1 aliphatic heterocycles. The predicted octanol–water partition coefficient (Wildman–Crippen LogP) is 2.43. The maximum absolute atomic E-state index is 13.7. The van der Waals surface area contributed by atoms with Gasteiger partial charge in [0, 0.05) is 13.1 Å². The van der Waals surface area contributed by atoms with Crippen LogP contribution in [-0.4, -0.2) is 39.0 Å². The second-order valence-electron chi connectivity index (χ2n) is 5.14. The fourth-order valence-corrected chi connectivity index (χ4v) is 2.57. The van der Waals surface area contributed by atoms with Crippen LogP contribution >= 0.6 is 12.2 Å². The molecule has 1 saturated heterocycles. The maximum atomic E-state index is 13.7. The molecule has 0 spiro atoms. The number of piperidine rings is 1. The van der Waals surface area contributed by atoms with Gasteiger partial charge in [-0.2, -0.15) is 0 Å². The lowest BCUT2D eigenvalue weighted by atomic mass is 10.1. The smallest absolute Gasteiger partial charge is 0.288 e. The fourth-order valence-electron chi connectivity index (χ4n) is 2.39. The quantitative estimate of drug-likeness (QED) is 0.883. The number of aliphatic hydroxyl groups excluding tert-OH is 1. The molecule has 3 rings (SSSR count). The van der Waals surface area contributed by atoms with Gasteiger partial charge in [0.05, 0.1) is 18.3 Å². The number of hydrogen-bond acceptors (Lipinski definition) is 5. The summed E-state index contributed by atoms with van der Waals surface area (Å²) >= 11 is 5.14. The highest BCUT2D eigenvalue weighted by molar-refractivity contribution is 7.71. The monoisotopic (exact) mass is 309 g/mol. The standard InChI is InChI=1S/C14H16FN3O2S/c15-12-4-2-1-3-11(12)13-16-18(14(21)20-13)9-17-7-5-10(19)6-8-17/h1-4,10,19H,5-9H2. The second-order valence-corrected chi connectivity index (χ2v) is 5.49. The predicted molar refractivity (Wildman–Crippen MR) is 77.5 cm³/mol. The average Bonchev–Trinajstić information content (AvgIpc) is 2.83. The highest BCUT2D eigenvalue weighted by atomic mass is 32.1. The van der Waals surface area contributed by atoms with Gasteiger partial charge in [-0.25, -0.2) is 9.07 Å². The molecular formula is C14H16FN3O2S. The van der Waals surface area contributed by atoms with Crippen molar-refractivity contribution in [3.8, 4) is 11.5 Å². The Hall–Kier alpha value is -1.57. The van der Waals surface area contributed by atoms with Crippen LogP contribution in [0.3, 0.4) is 0 Å². The number of hydrogen-bond donors (Lipinski definition) is 1. The van der Waals surface area contributed by atoms with Crippen LogP contribution in [-0.2, 0) is 6.67 Å². The van der Waals surface area contributed by atoms with Crippen LogP contribution in [0.5, 0.6) is 0 Å². The molecule has 0 amide bonds. The molecule has 21 heavy (non-hydrogen) atoms. The third-order valence-electron chi connectivity index (χ3n) is 3.60. The van der Waals surface area contributed by atoms with Crippen molar-refractivity contribution in [3.63, 3.8) is 0 Å². The van der Waals surface area contributed by atoms with Gasteiger partial charge in [-0.05, 0) is 37.2 Å². The van der Waals surface area contributed by atoms with Gasteiger partial charge in [-0.1, -0.05) is 12.1 Å². The Bertz CT molecular complexity index is 677. The van der Waals surface area contributed by atoms with Gasteiger partial charge < -0.3 is 9.52 Å². The van der Waals surface area contributed by atoms with Crippen molar-refractivity contribution in [1.82, 2.24) is 14.7 Å². The number of aromatic nitrogens is 2. The highest BCUT2D eigenvalue weighted by Crippen LogP contribution is 2.21. The summed E-state index contributed by atoms with van der Waals surface area (Å²) in [6.45, 7) is 2.05. The third kappa shape index (κ3) is 3.20. The van der Waals surface area contributed by atoms with Gasteiger partial charge in [0.25, 0.3) is 4.84 Å². The molecule has 1 aromatic carbocycles. The molecule has 0 atom stereocenters. The summed E-state index contributed by atoms with van der Waals surface area (Å²) in [5.41, 5.74) is 0.302. The minimum absolute atomic E-state index is 0.190. The summed E-state index contributed by atoms with van der Waals surface area (Å²) in [4.78, 5) is 2.36. The number of rotatable bonds is 3. The lowest BCUT2D eigenvalue weighted by Crippen LogP contribution is -2.37. The molecule has 112 valence electrons. The fraction of sp³-hybridized carbons (Fsp3) is 0.429. The van der Waals surface area contributed by atoms with Gasteiger partial charge in [0.2, 0.25) is 5.89 Å². The molecule has 0 radical (unpaired) electrons. The van der Waals surface area contributed by atoms with Gasteiger partial charge in [-0.3, -0.25) is 4.90 Å². The summed E-state index contributed by atoms with van der Waals surface area (Å²) in [5.74, 6) is -0.197. The van der Waals surface area contributed by atoms with E-state index in [9.17, 15) is 9.50 Å².